The lowest BCUT2D eigenvalue weighted by atomic mass is 9.73. The van der Waals surface area contributed by atoms with Crippen molar-refractivity contribution >= 4 is 34.5 Å². The zero-order valence-electron chi connectivity index (χ0n) is 23.5. The molecule has 1 saturated carbocycles. The number of fused-ring (bicyclic) bond motifs is 2. The average molecular weight is 531 g/mol. The van der Waals surface area contributed by atoms with Gasteiger partial charge in [0, 0.05) is 37.3 Å². The van der Waals surface area contributed by atoms with Gasteiger partial charge in [-0.1, -0.05) is 51.2 Å². The van der Waals surface area contributed by atoms with Gasteiger partial charge in [0.05, 0.1) is 40.9 Å². The predicted molar refractivity (Wildman–Crippen MR) is 159 cm³/mol. The number of nitrogens with one attached hydrogen (secondary N) is 1. The van der Waals surface area contributed by atoms with Gasteiger partial charge in [0.1, 0.15) is 0 Å². The van der Waals surface area contributed by atoms with Gasteiger partial charge >= 0.3 is 0 Å². The van der Waals surface area contributed by atoms with Crippen LogP contribution in [0.25, 0.3) is 22.2 Å². The Morgan fingerprint density at radius 1 is 1.15 bits per heavy atom. The normalized spacial score (nSPS) is 18.4. The van der Waals surface area contributed by atoms with E-state index in [1.807, 2.05) is 25.1 Å². The summed E-state index contributed by atoms with van der Waals surface area (Å²) in [5, 5.41) is 9.82. The number of carbonyl (C=O) groups excluding carboxylic acids is 1. The molecule has 39 heavy (non-hydrogen) atoms. The van der Waals surface area contributed by atoms with Crippen molar-refractivity contribution in [2.45, 2.75) is 45.4 Å². The lowest BCUT2D eigenvalue weighted by Gasteiger charge is -2.33. The third-order valence-corrected chi connectivity index (χ3v) is 8.78. The van der Waals surface area contributed by atoms with Gasteiger partial charge in [-0.05, 0) is 55.6 Å². The van der Waals surface area contributed by atoms with Crippen molar-refractivity contribution in [1.82, 2.24) is 14.9 Å². The Morgan fingerprint density at radius 3 is 2.67 bits per heavy atom. The first-order valence-corrected chi connectivity index (χ1v) is 14.3. The van der Waals surface area contributed by atoms with Gasteiger partial charge < -0.3 is 25.6 Å². The summed E-state index contributed by atoms with van der Waals surface area (Å²) in [5.41, 5.74) is 12.5. The number of aromatic amines is 1. The number of hydrogen-bond acceptors (Lipinski definition) is 6. The molecule has 1 fully saturated rings. The number of nitrogens with zero attached hydrogens (tertiary/aromatic N) is 4. The molecule has 1 amide bonds. The fourth-order valence-corrected chi connectivity index (χ4v) is 6.45. The minimum Gasteiger partial charge on any atom is -0.395 e. The van der Waals surface area contributed by atoms with E-state index < -0.39 is 5.91 Å². The van der Waals surface area contributed by atoms with E-state index in [9.17, 15) is 9.90 Å². The number of imidazole rings is 1. The number of aliphatic hydroxyl groups is 1. The fraction of sp³-hybridized carbons (Fsp3) is 0.516. The summed E-state index contributed by atoms with van der Waals surface area (Å²) < 4.78 is 0. The maximum Gasteiger partial charge on any atom is 0.253 e. The number of aromatic nitrogens is 2. The number of hydrogen-bond donors (Lipinski definition) is 3. The summed E-state index contributed by atoms with van der Waals surface area (Å²) in [6.45, 7) is 4.18. The molecule has 1 aromatic heterocycles. The summed E-state index contributed by atoms with van der Waals surface area (Å²) in [6, 6.07) is 8.49. The van der Waals surface area contributed by atoms with Crippen molar-refractivity contribution in [3.8, 4) is 11.1 Å². The second-order valence-corrected chi connectivity index (χ2v) is 11.6. The van der Waals surface area contributed by atoms with Crippen LogP contribution in [0.5, 0.6) is 0 Å². The lowest BCUT2D eigenvalue weighted by Crippen LogP contribution is -2.35. The van der Waals surface area contributed by atoms with Crippen molar-refractivity contribution < 1.29 is 9.90 Å². The molecular formula is C31H42N6O2. The van der Waals surface area contributed by atoms with Gasteiger partial charge in [-0.15, -0.1) is 0 Å². The Labute approximate surface area is 231 Å². The third-order valence-electron chi connectivity index (χ3n) is 8.78. The van der Waals surface area contributed by atoms with Gasteiger partial charge in [-0.3, -0.25) is 9.79 Å². The quantitative estimate of drug-likeness (QED) is 0.349. The van der Waals surface area contributed by atoms with Gasteiger partial charge in [-0.25, -0.2) is 4.98 Å². The molecule has 2 atom stereocenters. The maximum absolute atomic E-state index is 12.7. The van der Waals surface area contributed by atoms with Crippen molar-refractivity contribution in [2.75, 3.05) is 45.2 Å². The highest BCUT2D eigenvalue weighted by Crippen LogP contribution is 2.41. The first-order chi connectivity index (χ1) is 18.9. The minimum atomic E-state index is -0.522. The number of aliphatic hydroxyl groups excluding tert-OH is 1. The van der Waals surface area contributed by atoms with E-state index >= 15 is 0 Å². The predicted octanol–water partition coefficient (Wildman–Crippen LogP) is 4.78. The van der Waals surface area contributed by atoms with Crippen LogP contribution >= 0.6 is 0 Å². The summed E-state index contributed by atoms with van der Waals surface area (Å²) in [7, 11) is 4.01. The molecule has 1 aliphatic carbocycles. The van der Waals surface area contributed by atoms with Crippen LogP contribution in [-0.4, -0.2) is 72.4 Å². The van der Waals surface area contributed by atoms with E-state index in [1.54, 1.807) is 6.33 Å². The van der Waals surface area contributed by atoms with Crippen LogP contribution in [0.4, 0.5) is 11.4 Å². The Bertz CT molecular complexity index is 1340. The molecule has 0 saturated heterocycles. The van der Waals surface area contributed by atoms with Crippen LogP contribution in [0.15, 0.2) is 35.6 Å². The molecule has 2 aromatic carbocycles. The van der Waals surface area contributed by atoms with Crippen LogP contribution in [0, 0.1) is 17.8 Å². The van der Waals surface area contributed by atoms with E-state index in [2.05, 4.69) is 46.2 Å². The molecule has 3 aromatic rings. The molecule has 8 nitrogen and oxygen atoms in total. The number of H-pyrrole nitrogens is 1. The third kappa shape index (κ3) is 5.72. The zero-order chi connectivity index (χ0) is 27.5. The molecule has 4 N–H and O–H groups in total. The van der Waals surface area contributed by atoms with E-state index in [-0.39, 0.29) is 6.61 Å². The zero-order valence-corrected chi connectivity index (χ0v) is 23.5. The molecule has 208 valence electrons. The highest BCUT2D eigenvalue weighted by molar-refractivity contribution is 6.13. The van der Waals surface area contributed by atoms with E-state index in [0.29, 0.717) is 47.2 Å². The summed E-state index contributed by atoms with van der Waals surface area (Å²) in [6.07, 6.45) is 11.6. The molecule has 8 heteroatoms. The van der Waals surface area contributed by atoms with E-state index in [4.69, 9.17) is 10.7 Å². The van der Waals surface area contributed by atoms with E-state index in [1.165, 1.54) is 37.7 Å². The number of primary amides is 1. The Balaban J connectivity index is 1.51. The number of aliphatic imine (C=N–C) groups is 1. The fourth-order valence-electron chi connectivity index (χ4n) is 6.45. The van der Waals surface area contributed by atoms with Crippen LogP contribution in [-0.2, 0) is 6.42 Å². The van der Waals surface area contributed by atoms with Crippen molar-refractivity contribution in [3.05, 3.63) is 41.7 Å². The van der Waals surface area contributed by atoms with Crippen LogP contribution < -0.4 is 10.6 Å². The summed E-state index contributed by atoms with van der Waals surface area (Å²) in [5.74, 6) is 1.41. The minimum absolute atomic E-state index is 0.0318. The number of amides is 1. The molecule has 2 heterocycles. The molecule has 1 aliphatic heterocycles. The van der Waals surface area contributed by atoms with Crippen molar-refractivity contribution in [1.29, 1.82) is 0 Å². The number of carbonyl (C=O) groups is 1. The topological polar surface area (TPSA) is 111 Å². The van der Waals surface area contributed by atoms with Crippen LogP contribution in [0.1, 0.15) is 54.9 Å². The molecule has 0 radical (unpaired) electrons. The largest absolute Gasteiger partial charge is 0.395 e. The first-order valence-electron chi connectivity index (χ1n) is 14.3. The van der Waals surface area contributed by atoms with Gasteiger partial charge in [0.25, 0.3) is 5.91 Å². The molecular weight excluding hydrogens is 488 g/mol. The molecule has 2 unspecified atom stereocenters. The van der Waals surface area contributed by atoms with Gasteiger partial charge in [-0.2, -0.15) is 0 Å². The average Bonchev–Trinajstić information content (AvgIpc) is 3.43. The molecule has 0 bridgehead atoms. The number of anilines is 1. The molecule has 2 aliphatic rings. The highest BCUT2D eigenvalue weighted by Gasteiger charge is 2.29. The second-order valence-electron chi connectivity index (χ2n) is 11.6. The standard InChI is InChI=1S/C31H42N6O2/c1-20(21-7-5-4-6-8-21)24-15-23-10-9-22(16-26(23)33-18-24)25-17-27(37(13-14-38)12-11-36(2)3)28(31(32)39)30-29(25)34-19-35-30/h9-10,16-21,24,38H,4-8,11-15H2,1-3H3,(H2,32,39)(H,34,35). The smallest absolute Gasteiger partial charge is 0.253 e. The summed E-state index contributed by atoms with van der Waals surface area (Å²) >= 11 is 0. The van der Waals surface area contributed by atoms with Crippen LogP contribution in [0.2, 0.25) is 0 Å². The second kappa shape index (κ2) is 11.9. The lowest BCUT2D eigenvalue weighted by molar-refractivity contribution is 0.100. The Hall–Kier alpha value is -3.23. The molecule has 5 rings (SSSR count). The number of benzene rings is 2. The van der Waals surface area contributed by atoms with Crippen LogP contribution in [0.3, 0.4) is 0 Å². The molecule has 0 spiro atoms. The van der Waals surface area contributed by atoms with E-state index in [0.717, 1.165) is 35.7 Å². The van der Waals surface area contributed by atoms with Crippen molar-refractivity contribution in [2.24, 2.45) is 28.5 Å². The Morgan fingerprint density at radius 2 is 1.95 bits per heavy atom. The monoisotopic (exact) mass is 530 g/mol. The highest BCUT2D eigenvalue weighted by atomic mass is 16.3. The first kappa shape index (κ1) is 27.3. The maximum atomic E-state index is 12.7. The number of likely N-dealkylation sites (N-methyl/N-ethyl adjacent to an activating group) is 1. The number of nitrogens with two attached hydrogens (primary N) is 1. The van der Waals surface area contributed by atoms with Gasteiger partial charge in [0.2, 0.25) is 0 Å². The van der Waals surface area contributed by atoms with Gasteiger partial charge in [0.15, 0.2) is 0 Å². The summed E-state index contributed by atoms with van der Waals surface area (Å²) in [4.78, 5) is 29.5. The van der Waals surface area contributed by atoms with Crippen molar-refractivity contribution in [3.63, 3.8) is 0 Å². The Kier molecular flexibility index (Phi) is 8.33. The number of rotatable bonds is 10. The SMILES string of the molecule is CC(C1C=Nc2cc(-c3cc(N(CCO)CCN(C)C)c(C(N)=O)c4[nH]cnc34)ccc2C1)C1CCCCC1.